The van der Waals surface area contributed by atoms with Gasteiger partial charge in [0.25, 0.3) is 0 Å². The number of nitrogens with zero attached hydrogens (tertiary/aromatic N) is 3. The SMILES string of the molecule is C=C(N=C(N=C(C)c1ccccc1)c1ccccc1)c1cccc2c1C1C=CC(CN=C(c3ccc4c(c3)oc3ccccc34)c3cc4ccccc4o3)=CC1O2. The Hall–Kier alpha value is -7.31. The Morgan fingerprint density at radius 2 is 1.39 bits per heavy atom. The summed E-state index contributed by atoms with van der Waals surface area (Å²) in [7, 11) is 0. The predicted molar refractivity (Wildman–Crippen MR) is 232 cm³/mol. The zero-order valence-electron chi connectivity index (χ0n) is 31.3. The van der Waals surface area contributed by atoms with E-state index >= 15 is 0 Å². The van der Waals surface area contributed by atoms with Crippen LogP contribution in [0.25, 0.3) is 38.6 Å². The first-order valence-electron chi connectivity index (χ1n) is 19.1. The Labute approximate surface area is 330 Å². The molecule has 0 saturated heterocycles. The summed E-state index contributed by atoms with van der Waals surface area (Å²) >= 11 is 0. The number of amidine groups is 1. The Morgan fingerprint density at radius 1 is 0.649 bits per heavy atom. The molecule has 0 saturated carbocycles. The van der Waals surface area contributed by atoms with Gasteiger partial charge in [0.05, 0.1) is 12.2 Å². The molecule has 1 aliphatic heterocycles. The van der Waals surface area contributed by atoms with E-state index in [1.165, 1.54) is 0 Å². The number of aliphatic imine (C=N–C) groups is 3. The zero-order valence-corrected chi connectivity index (χ0v) is 31.3. The van der Waals surface area contributed by atoms with Crippen LogP contribution in [0.5, 0.6) is 5.75 Å². The minimum absolute atomic E-state index is 0.00375. The highest BCUT2D eigenvalue weighted by molar-refractivity contribution is 6.16. The van der Waals surface area contributed by atoms with Crippen LogP contribution in [0.4, 0.5) is 0 Å². The highest BCUT2D eigenvalue weighted by Crippen LogP contribution is 2.45. The molecule has 2 aromatic heterocycles. The summed E-state index contributed by atoms with van der Waals surface area (Å²) in [6.45, 7) is 6.91. The summed E-state index contributed by atoms with van der Waals surface area (Å²) in [6, 6.07) is 50.8. The van der Waals surface area contributed by atoms with Crippen LogP contribution in [0.2, 0.25) is 0 Å². The first-order valence-corrected chi connectivity index (χ1v) is 19.1. The minimum Gasteiger partial charge on any atom is -0.485 e. The quantitative estimate of drug-likeness (QED) is 0.115. The number of benzene rings is 6. The molecule has 6 aromatic carbocycles. The van der Waals surface area contributed by atoms with Crippen molar-refractivity contribution < 1.29 is 13.6 Å². The standard InChI is InChI=1S/C51H37N3O3/c1-32(35-14-5-3-6-15-35)53-51(36-16-7-4-8-17-36)54-33(2)39-20-13-23-45-49(39)42-26-24-34(28-46(42)57-45)31-52-50(48-29-37-18-9-11-21-43(37)55-48)38-25-27-41-40-19-10-12-22-44(40)56-47(41)30-38/h3-30,42,46H,2,31H2,1H3. The number of para-hydroxylation sites is 2. The largest absolute Gasteiger partial charge is 0.485 e. The first kappa shape index (κ1) is 34.2. The molecule has 1 aliphatic carbocycles. The zero-order chi connectivity index (χ0) is 38.3. The molecule has 0 radical (unpaired) electrons. The molecule has 57 heavy (non-hydrogen) atoms. The summed E-state index contributed by atoms with van der Waals surface area (Å²) in [5, 5.41) is 3.18. The molecule has 0 fully saturated rings. The van der Waals surface area contributed by atoms with Crippen molar-refractivity contribution >= 4 is 55.9 Å². The van der Waals surface area contributed by atoms with Gasteiger partial charge >= 0.3 is 0 Å². The maximum atomic E-state index is 6.61. The lowest BCUT2D eigenvalue weighted by atomic mass is 9.86. The lowest BCUT2D eigenvalue weighted by Gasteiger charge is -2.19. The third-order valence-electron chi connectivity index (χ3n) is 10.7. The van der Waals surface area contributed by atoms with Crippen molar-refractivity contribution in [2.75, 3.05) is 6.54 Å². The van der Waals surface area contributed by atoms with Crippen molar-refractivity contribution in [2.24, 2.45) is 15.0 Å². The van der Waals surface area contributed by atoms with E-state index in [4.69, 9.17) is 28.5 Å². The van der Waals surface area contributed by atoms with Crippen LogP contribution >= 0.6 is 0 Å². The normalized spacial score (nSPS) is 16.8. The number of fused-ring (bicyclic) bond motifs is 7. The highest BCUT2D eigenvalue weighted by atomic mass is 16.5. The second-order valence-electron chi connectivity index (χ2n) is 14.4. The van der Waals surface area contributed by atoms with Gasteiger partial charge < -0.3 is 13.6 Å². The summed E-state index contributed by atoms with van der Waals surface area (Å²) in [5.74, 6) is 2.14. The number of rotatable bonds is 8. The van der Waals surface area contributed by atoms with Gasteiger partial charge in [-0.2, -0.15) is 0 Å². The van der Waals surface area contributed by atoms with Gasteiger partial charge in [0.2, 0.25) is 0 Å². The van der Waals surface area contributed by atoms with E-state index in [1.54, 1.807) is 0 Å². The molecule has 0 amide bonds. The van der Waals surface area contributed by atoms with Crippen molar-refractivity contribution in [1.29, 1.82) is 0 Å². The molecular weight excluding hydrogens is 703 g/mol. The van der Waals surface area contributed by atoms with Crippen LogP contribution in [0.15, 0.2) is 206 Å². The third-order valence-corrected chi connectivity index (χ3v) is 10.7. The first-order chi connectivity index (χ1) is 28.1. The third kappa shape index (κ3) is 6.51. The van der Waals surface area contributed by atoms with Gasteiger partial charge in [-0.05, 0) is 60.5 Å². The molecule has 2 aliphatic rings. The summed E-state index contributed by atoms with van der Waals surface area (Å²) < 4.78 is 19.3. The van der Waals surface area contributed by atoms with Crippen molar-refractivity contribution in [3.8, 4) is 5.75 Å². The number of ether oxygens (including phenoxy) is 1. The van der Waals surface area contributed by atoms with Gasteiger partial charge in [0, 0.05) is 50.0 Å². The van der Waals surface area contributed by atoms with Crippen molar-refractivity contribution in [3.63, 3.8) is 0 Å². The molecule has 10 rings (SSSR count). The molecule has 0 spiro atoms. The van der Waals surface area contributed by atoms with Gasteiger partial charge in [-0.3, -0.25) is 4.99 Å². The molecular formula is C51H37N3O3. The number of furan rings is 2. The maximum Gasteiger partial charge on any atom is 0.160 e. The van der Waals surface area contributed by atoms with Gasteiger partial charge in [-0.1, -0.05) is 134 Å². The van der Waals surface area contributed by atoms with E-state index in [0.29, 0.717) is 23.8 Å². The smallest absolute Gasteiger partial charge is 0.160 e. The fourth-order valence-electron chi connectivity index (χ4n) is 7.85. The minimum atomic E-state index is -0.193. The molecule has 6 heteroatoms. The second kappa shape index (κ2) is 14.4. The maximum absolute atomic E-state index is 6.61. The predicted octanol–water partition coefficient (Wildman–Crippen LogP) is 12.1. The Kier molecular flexibility index (Phi) is 8.64. The van der Waals surface area contributed by atoms with E-state index in [9.17, 15) is 0 Å². The van der Waals surface area contributed by atoms with E-state index in [0.717, 1.165) is 83.5 Å². The van der Waals surface area contributed by atoms with Crippen LogP contribution < -0.4 is 4.74 Å². The monoisotopic (exact) mass is 739 g/mol. The summed E-state index contributed by atoms with van der Waals surface area (Å²) in [5.41, 5.74) is 10.7. The molecule has 2 atom stereocenters. The molecule has 6 nitrogen and oxygen atoms in total. The van der Waals surface area contributed by atoms with Crippen molar-refractivity contribution in [2.45, 2.75) is 18.9 Å². The van der Waals surface area contributed by atoms with Crippen LogP contribution in [0.3, 0.4) is 0 Å². The van der Waals surface area contributed by atoms with E-state index < -0.39 is 0 Å². The lowest BCUT2D eigenvalue weighted by molar-refractivity contribution is 0.267. The van der Waals surface area contributed by atoms with E-state index in [2.05, 4.69) is 79.4 Å². The fraction of sp³-hybridized carbons (Fsp3) is 0.0784. The average molecular weight is 740 g/mol. The van der Waals surface area contributed by atoms with E-state index in [-0.39, 0.29) is 12.0 Å². The Bertz CT molecular complexity index is 2960. The van der Waals surface area contributed by atoms with Gasteiger partial charge in [0.15, 0.2) is 11.6 Å². The molecule has 274 valence electrons. The second-order valence-corrected chi connectivity index (χ2v) is 14.4. The van der Waals surface area contributed by atoms with Crippen LogP contribution in [0, 0.1) is 0 Å². The number of hydrogen-bond acceptors (Lipinski definition) is 5. The molecule has 0 N–H and O–H groups in total. The highest BCUT2D eigenvalue weighted by Gasteiger charge is 2.35. The van der Waals surface area contributed by atoms with Crippen molar-refractivity contribution in [1.82, 2.24) is 0 Å². The Balaban J connectivity index is 0.961. The van der Waals surface area contributed by atoms with Crippen LogP contribution in [-0.4, -0.2) is 29.9 Å². The van der Waals surface area contributed by atoms with Crippen LogP contribution in [-0.2, 0) is 0 Å². The van der Waals surface area contributed by atoms with Gasteiger partial charge in [0.1, 0.15) is 34.3 Å². The Morgan fingerprint density at radius 3 is 2.21 bits per heavy atom. The van der Waals surface area contributed by atoms with Crippen molar-refractivity contribution in [3.05, 3.63) is 216 Å². The topological polar surface area (TPSA) is 72.6 Å². The van der Waals surface area contributed by atoms with E-state index in [1.807, 2.05) is 104 Å². The molecule has 2 unspecified atom stereocenters. The number of hydrogen-bond donors (Lipinski definition) is 0. The molecule has 8 aromatic rings. The van der Waals surface area contributed by atoms with Gasteiger partial charge in [-0.15, -0.1) is 0 Å². The lowest BCUT2D eigenvalue weighted by Crippen LogP contribution is -2.18. The molecule has 3 heterocycles. The average Bonchev–Trinajstić information content (AvgIpc) is 3.97. The van der Waals surface area contributed by atoms with Crippen LogP contribution in [0.1, 0.15) is 46.4 Å². The fourth-order valence-corrected chi connectivity index (χ4v) is 7.85. The summed E-state index contributed by atoms with van der Waals surface area (Å²) in [4.78, 5) is 15.3. The van der Waals surface area contributed by atoms with Gasteiger partial charge in [-0.25, -0.2) is 9.98 Å². The molecule has 0 bridgehead atoms. The summed E-state index contributed by atoms with van der Waals surface area (Å²) in [6.07, 6.45) is 6.37.